The first kappa shape index (κ1) is 21.6. The minimum Gasteiger partial charge on any atom is -0.357 e. The Morgan fingerprint density at radius 1 is 1.29 bits per heavy atom. The van der Waals surface area contributed by atoms with E-state index in [2.05, 4.69) is 51.7 Å². The lowest BCUT2D eigenvalue weighted by Gasteiger charge is -2.26. The molecule has 1 fully saturated rings. The second kappa shape index (κ2) is 12.0. The highest BCUT2D eigenvalue weighted by Crippen LogP contribution is 2.19. The number of nitrogens with one attached hydrogen (secondary N) is 2. The van der Waals surface area contributed by atoms with Crippen molar-refractivity contribution in [1.82, 2.24) is 20.5 Å². The normalized spacial score (nSPS) is 16.1. The summed E-state index contributed by atoms with van der Waals surface area (Å²) in [6.07, 6.45) is 4.08. The lowest BCUT2D eigenvalue weighted by molar-refractivity contribution is 0.232. The van der Waals surface area contributed by atoms with Gasteiger partial charge in [0.15, 0.2) is 5.96 Å². The summed E-state index contributed by atoms with van der Waals surface area (Å²) < 4.78 is 0. The van der Waals surface area contributed by atoms with Crippen molar-refractivity contribution in [3.05, 3.63) is 16.1 Å². The second-order valence-electron chi connectivity index (χ2n) is 6.36. The Bertz CT molecular complexity index is 483. The minimum absolute atomic E-state index is 0. The van der Waals surface area contributed by atoms with Gasteiger partial charge in [-0.25, -0.2) is 9.98 Å². The molecule has 0 saturated carbocycles. The number of likely N-dealkylation sites (tertiary alicyclic amines) is 1. The zero-order valence-corrected chi connectivity index (χ0v) is 18.3. The van der Waals surface area contributed by atoms with Crippen LogP contribution in [-0.4, -0.2) is 48.6 Å². The van der Waals surface area contributed by atoms with Crippen LogP contribution >= 0.6 is 35.3 Å². The van der Waals surface area contributed by atoms with E-state index < -0.39 is 0 Å². The molecule has 2 N–H and O–H groups in total. The van der Waals surface area contributed by atoms with Crippen molar-refractivity contribution in [2.75, 3.05) is 32.7 Å². The summed E-state index contributed by atoms with van der Waals surface area (Å²) in [4.78, 5) is 11.8. The molecule has 0 aromatic carbocycles. The van der Waals surface area contributed by atoms with Crippen LogP contribution in [0.15, 0.2) is 10.4 Å². The molecular weight excluding hydrogens is 433 g/mol. The fraction of sp³-hybridized carbons (Fsp3) is 0.765. The zero-order chi connectivity index (χ0) is 16.5. The average molecular weight is 465 g/mol. The molecule has 0 spiro atoms. The molecule has 1 aromatic heterocycles. The van der Waals surface area contributed by atoms with Gasteiger partial charge in [-0.1, -0.05) is 20.3 Å². The van der Waals surface area contributed by atoms with E-state index >= 15 is 0 Å². The first-order chi connectivity index (χ1) is 11.2. The first-order valence-electron chi connectivity index (χ1n) is 8.88. The summed E-state index contributed by atoms with van der Waals surface area (Å²) >= 11 is 1.73. The van der Waals surface area contributed by atoms with Crippen molar-refractivity contribution in [3.8, 4) is 0 Å². The molecule has 1 aliphatic rings. The van der Waals surface area contributed by atoms with Crippen LogP contribution < -0.4 is 10.6 Å². The van der Waals surface area contributed by atoms with E-state index in [9.17, 15) is 0 Å². The van der Waals surface area contributed by atoms with Gasteiger partial charge >= 0.3 is 0 Å². The van der Waals surface area contributed by atoms with E-state index in [1.54, 1.807) is 11.3 Å². The van der Waals surface area contributed by atoms with Crippen molar-refractivity contribution in [3.63, 3.8) is 0 Å². The summed E-state index contributed by atoms with van der Waals surface area (Å²) in [7, 11) is 0. The van der Waals surface area contributed by atoms with Gasteiger partial charge in [0.05, 0.1) is 17.2 Å². The third-order valence-electron chi connectivity index (χ3n) is 3.98. The molecule has 138 valence electrons. The van der Waals surface area contributed by atoms with Crippen LogP contribution in [0.1, 0.15) is 56.7 Å². The maximum atomic E-state index is 4.66. The molecule has 0 unspecified atom stereocenters. The van der Waals surface area contributed by atoms with Gasteiger partial charge in [-0.05, 0) is 32.9 Å². The van der Waals surface area contributed by atoms with Crippen LogP contribution in [0.25, 0.3) is 0 Å². The molecule has 7 heteroatoms. The molecule has 0 aliphatic carbocycles. The van der Waals surface area contributed by atoms with Gasteiger partial charge < -0.3 is 15.5 Å². The molecule has 1 aromatic rings. The zero-order valence-electron chi connectivity index (χ0n) is 15.2. The number of halogens is 1. The first-order valence-corrected chi connectivity index (χ1v) is 9.76. The van der Waals surface area contributed by atoms with Crippen molar-refractivity contribution >= 4 is 41.3 Å². The average Bonchev–Trinajstić information content (AvgIpc) is 3.03. The van der Waals surface area contributed by atoms with Crippen LogP contribution in [0.5, 0.6) is 0 Å². The fourth-order valence-electron chi connectivity index (χ4n) is 2.68. The van der Waals surface area contributed by atoms with E-state index in [1.807, 2.05) is 0 Å². The van der Waals surface area contributed by atoms with Crippen molar-refractivity contribution in [2.24, 2.45) is 4.99 Å². The van der Waals surface area contributed by atoms with Crippen LogP contribution in [0, 0.1) is 0 Å². The third kappa shape index (κ3) is 7.65. The quantitative estimate of drug-likeness (QED) is 0.368. The summed E-state index contributed by atoms with van der Waals surface area (Å²) in [6.45, 7) is 12.5. The van der Waals surface area contributed by atoms with E-state index in [1.165, 1.54) is 37.4 Å². The van der Waals surface area contributed by atoms with Crippen molar-refractivity contribution in [1.29, 1.82) is 0 Å². The number of aromatic nitrogens is 1. The molecule has 0 atom stereocenters. The molecule has 1 saturated heterocycles. The summed E-state index contributed by atoms with van der Waals surface area (Å²) in [5, 5.41) is 10.1. The number of piperidine rings is 1. The molecule has 1 aliphatic heterocycles. The van der Waals surface area contributed by atoms with Gasteiger partial charge in [-0.3, -0.25) is 0 Å². The highest BCUT2D eigenvalue weighted by Gasteiger charge is 2.09. The Kier molecular flexibility index (Phi) is 10.8. The monoisotopic (exact) mass is 465 g/mol. The summed E-state index contributed by atoms with van der Waals surface area (Å²) in [5.41, 5.74) is 1.06. The topological polar surface area (TPSA) is 52.6 Å². The van der Waals surface area contributed by atoms with Crippen molar-refractivity contribution < 1.29 is 0 Å². The van der Waals surface area contributed by atoms with Crippen LogP contribution in [0.4, 0.5) is 0 Å². The molecular formula is C17H32IN5S. The number of guanidine groups is 1. The van der Waals surface area contributed by atoms with E-state index in [0.717, 1.165) is 31.3 Å². The number of hydrogen-bond acceptors (Lipinski definition) is 4. The second-order valence-corrected chi connectivity index (χ2v) is 7.25. The Hall–Kier alpha value is -0.410. The van der Waals surface area contributed by atoms with Crippen molar-refractivity contribution in [2.45, 2.75) is 52.5 Å². The van der Waals surface area contributed by atoms with E-state index in [4.69, 9.17) is 0 Å². The number of thiazole rings is 1. The maximum absolute atomic E-state index is 4.66. The molecule has 0 radical (unpaired) electrons. The minimum atomic E-state index is 0. The standard InChI is InChI=1S/C17H31N5S.HI/c1-4-18-17(19-8-11-22-9-6-5-7-10-22)20-12-15-13-23-16(21-15)14(2)3;/h13-14H,4-12H2,1-3H3,(H2,18,19,20);1H. The Morgan fingerprint density at radius 2 is 2.04 bits per heavy atom. The van der Waals surface area contributed by atoms with Gasteiger partial charge in [0, 0.05) is 30.9 Å². The van der Waals surface area contributed by atoms with Crippen LogP contribution in [0.2, 0.25) is 0 Å². The van der Waals surface area contributed by atoms with Gasteiger partial charge in [0.1, 0.15) is 0 Å². The number of aliphatic imine (C=N–C) groups is 1. The molecule has 2 rings (SSSR count). The van der Waals surface area contributed by atoms with Gasteiger partial charge in [0.25, 0.3) is 0 Å². The Labute approximate surface area is 167 Å². The number of rotatable bonds is 7. The highest BCUT2D eigenvalue weighted by molar-refractivity contribution is 14.0. The van der Waals surface area contributed by atoms with E-state index in [0.29, 0.717) is 12.5 Å². The van der Waals surface area contributed by atoms with E-state index in [-0.39, 0.29) is 24.0 Å². The highest BCUT2D eigenvalue weighted by atomic mass is 127. The van der Waals surface area contributed by atoms with Crippen LogP contribution in [0.3, 0.4) is 0 Å². The predicted octanol–water partition coefficient (Wildman–Crippen LogP) is 3.43. The molecule has 24 heavy (non-hydrogen) atoms. The summed E-state index contributed by atoms with van der Waals surface area (Å²) in [6, 6.07) is 0. The molecule has 0 bridgehead atoms. The third-order valence-corrected chi connectivity index (χ3v) is 5.17. The summed E-state index contributed by atoms with van der Waals surface area (Å²) in [5.74, 6) is 1.39. The van der Waals surface area contributed by atoms with Crippen LogP contribution in [-0.2, 0) is 6.54 Å². The Morgan fingerprint density at radius 3 is 2.67 bits per heavy atom. The SMILES string of the molecule is CCNC(=NCc1csc(C(C)C)n1)NCCN1CCCCC1.I. The fourth-order valence-corrected chi connectivity index (χ4v) is 3.50. The van der Waals surface area contributed by atoms with Gasteiger partial charge in [-0.2, -0.15) is 0 Å². The molecule has 0 amide bonds. The number of nitrogens with zero attached hydrogens (tertiary/aromatic N) is 3. The maximum Gasteiger partial charge on any atom is 0.191 e. The molecule has 5 nitrogen and oxygen atoms in total. The predicted molar refractivity (Wildman–Crippen MR) is 115 cm³/mol. The smallest absolute Gasteiger partial charge is 0.191 e. The lowest BCUT2D eigenvalue weighted by atomic mass is 10.1. The van der Waals surface area contributed by atoms with Gasteiger partial charge in [-0.15, -0.1) is 35.3 Å². The lowest BCUT2D eigenvalue weighted by Crippen LogP contribution is -2.42. The largest absolute Gasteiger partial charge is 0.357 e. The Balaban J connectivity index is 0.00000288. The molecule has 2 heterocycles. The van der Waals surface area contributed by atoms with Gasteiger partial charge in [0.2, 0.25) is 0 Å². The number of hydrogen-bond donors (Lipinski definition) is 2.